The van der Waals surface area contributed by atoms with Gasteiger partial charge in [-0.25, -0.2) is 0 Å². The van der Waals surface area contributed by atoms with Crippen molar-refractivity contribution >= 4 is 0 Å². The van der Waals surface area contributed by atoms with E-state index in [1.165, 1.54) is 0 Å². The van der Waals surface area contributed by atoms with Crippen molar-refractivity contribution in [2.75, 3.05) is 0 Å². The molecule has 0 spiro atoms. The molecule has 0 amide bonds. The van der Waals surface area contributed by atoms with Crippen molar-refractivity contribution in [3.05, 3.63) is 12.4 Å². The fraction of sp³-hybridized carbons (Fsp3) is 0.667. The molecule has 0 atom stereocenters. The van der Waals surface area contributed by atoms with Gasteiger partial charge in [0.05, 0.1) is 12.7 Å². The van der Waals surface area contributed by atoms with Crippen molar-refractivity contribution in [2.24, 2.45) is 5.73 Å². The number of aromatic nitrogens is 3. The molecule has 1 aliphatic carbocycles. The smallest absolute Gasteiger partial charge is 0.0692 e. The largest absolute Gasteiger partial charge is 0.324 e. The Kier molecular flexibility index (Phi) is 1.05. The van der Waals surface area contributed by atoms with E-state index < -0.39 is 0 Å². The summed E-state index contributed by atoms with van der Waals surface area (Å²) in [6.07, 6.45) is 5.75. The maximum absolute atomic E-state index is 5.85. The molecule has 4 heteroatoms. The third-order valence-electron chi connectivity index (χ3n) is 1.84. The lowest BCUT2D eigenvalue weighted by Gasteiger charge is -2.05. The van der Waals surface area contributed by atoms with Crippen LogP contribution in [0.5, 0.6) is 0 Å². The molecule has 54 valence electrons. The second-order valence-electron chi connectivity index (χ2n) is 2.96. The van der Waals surface area contributed by atoms with Gasteiger partial charge in [0, 0.05) is 11.7 Å². The van der Waals surface area contributed by atoms with Crippen LogP contribution in [0.3, 0.4) is 0 Å². The lowest BCUT2D eigenvalue weighted by molar-refractivity contribution is 0.488. The predicted octanol–water partition coefficient (Wildman–Crippen LogP) is -0.231. The Bertz CT molecular complexity index is 212. The number of nitrogens with two attached hydrogens (primary N) is 1. The average Bonchev–Trinajstić information content (AvgIpc) is 2.47. The molecule has 1 saturated carbocycles. The molecule has 1 aromatic rings. The van der Waals surface area contributed by atoms with Crippen LogP contribution >= 0.6 is 0 Å². The molecule has 2 N–H and O–H groups in total. The van der Waals surface area contributed by atoms with Crippen molar-refractivity contribution in [1.29, 1.82) is 0 Å². The zero-order chi connectivity index (χ0) is 7.03. The van der Waals surface area contributed by atoms with Crippen LogP contribution in [0.1, 0.15) is 12.8 Å². The van der Waals surface area contributed by atoms with Gasteiger partial charge in [-0.15, -0.1) is 5.10 Å². The summed E-state index contributed by atoms with van der Waals surface area (Å²) in [5.74, 6) is 0. The van der Waals surface area contributed by atoms with Crippen LogP contribution < -0.4 is 5.73 Å². The molecule has 1 heterocycles. The Labute approximate surface area is 59.0 Å². The van der Waals surface area contributed by atoms with Crippen molar-refractivity contribution in [1.82, 2.24) is 15.0 Å². The topological polar surface area (TPSA) is 56.7 Å². The van der Waals surface area contributed by atoms with Gasteiger partial charge in [-0.05, 0) is 12.8 Å². The van der Waals surface area contributed by atoms with E-state index in [4.69, 9.17) is 5.73 Å². The van der Waals surface area contributed by atoms with Crippen LogP contribution in [0.15, 0.2) is 12.4 Å². The van der Waals surface area contributed by atoms with Gasteiger partial charge < -0.3 is 5.73 Å². The maximum atomic E-state index is 5.85. The highest BCUT2D eigenvalue weighted by Gasteiger charge is 2.38. The quantitative estimate of drug-likeness (QED) is 0.614. The van der Waals surface area contributed by atoms with Gasteiger partial charge in [0.1, 0.15) is 0 Å². The van der Waals surface area contributed by atoms with Gasteiger partial charge in [0.25, 0.3) is 0 Å². The fourth-order valence-corrected chi connectivity index (χ4v) is 0.958. The third kappa shape index (κ3) is 1.02. The zero-order valence-corrected chi connectivity index (χ0v) is 5.70. The lowest BCUT2D eigenvalue weighted by atomic mass is 10.3. The Morgan fingerprint density at radius 2 is 2.40 bits per heavy atom. The van der Waals surface area contributed by atoms with E-state index in [2.05, 4.69) is 10.3 Å². The zero-order valence-electron chi connectivity index (χ0n) is 5.70. The summed E-state index contributed by atoms with van der Waals surface area (Å²) in [6.45, 7) is 0.812. The Morgan fingerprint density at radius 3 is 2.90 bits per heavy atom. The van der Waals surface area contributed by atoms with E-state index in [1.807, 2.05) is 6.20 Å². The molecule has 0 unspecified atom stereocenters. The van der Waals surface area contributed by atoms with Gasteiger partial charge in [-0.3, -0.25) is 4.68 Å². The molecule has 4 nitrogen and oxygen atoms in total. The first-order valence-corrected chi connectivity index (χ1v) is 3.42. The minimum atomic E-state index is 0.0354. The monoisotopic (exact) mass is 138 g/mol. The lowest BCUT2D eigenvalue weighted by Crippen LogP contribution is -2.28. The van der Waals surface area contributed by atoms with Crippen molar-refractivity contribution < 1.29 is 0 Å². The van der Waals surface area contributed by atoms with E-state index in [9.17, 15) is 0 Å². The SMILES string of the molecule is NC1(Cn2ccnn2)CC1. The minimum absolute atomic E-state index is 0.0354. The van der Waals surface area contributed by atoms with Gasteiger partial charge in [0.15, 0.2) is 0 Å². The highest BCUT2D eigenvalue weighted by atomic mass is 15.4. The van der Waals surface area contributed by atoms with E-state index in [-0.39, 0.29) is 5.54 Å². The van der Waals surface area contributed by atoms with E-state index >= 15 is 0 Å². The molecule has 0 aromatic carbocycles. The Balaban J connectivity index is 2.04. The molecule has 0 aliphatic heterocycles. The Morgan fingerprint density at radius 1 is 1.60 bits per heavy atom. The second-order valence-corrected chi connectivity index (χ2v) is 2.96. The Hall–Kier alpha value is -0.900. The molecular weight excluding hydrogens is 128 g/mol. The molecule has 1 aliphatic rings. The van der Waals surface area contributed by atoms with Gasteiger partial charge >= 0.3 is 0 Å². The predicted molar refractivity (Wildman–Crippen MR) is 36.2 cm³/mol. The fourth-order valence-electron chi connectivity index (χ4n) is 0.958. The molecular formula is C6H10N4. The van der Waals surface area contributed by atoms with Gasteiger partial charge in [-0.2, -0.15) is 0 Å². The maximum Gasteiger partial charge on any atom is 0.0692 e. The van der Waals surface area contributed by atoms with Crippen LogP contribution in [0.25, 0.3) is 0 Å². The van der Waals surface area contributed by atoms with Crippen LogP contribution in [0.4, 0.5) is 0 Å². The summed E-state index contributed by atoms with van der Waals surface area (Å²) in [5.41, 5.74) is 5.88. The van der Waals surface area contributed by atoms with Gasteiger partial charge in [0.2, 0.25) is 0 Å². The number of hydrogen-bond acceptors (Lipinski definition) is 3. The molecule has 10 heavy (non-hydrogen) atoms. The molecule has 2 rings (SSSR count). The molecule has 0 bridgehead atoms. The summed E-state index contributed by atoms with van der Waals surface area (Å²) in [6, 6.07) is 0. The normalized spacial score (nSPS) is 20.9. The molecule has 1 fully saturated rings. The van der Waals surface area contributed by atoms with Crippen LogP contribution in [-0.2, 0) is 6.54 Å². The number of nitrogens with zero attached hydrogens (tertiary/aromatic N) is 3. The van der Waals surface area contributed by atoms with Crippen LogP contribution in [0, 0.1) is 0 Å². The first kappa shape index (κ1) is 5.85. The molecule has 0 saturated heterocycles. The average molecular weight is 138 g/mol. The summed E-state index contributed by atoms with van der Waals surface area (Å²) < 4.78 is 1.78. The summed E-state index contributed by atoms with van der Waals surface area (Å²) in [4.78, 5) is 0. The highest BCUT2D eigenvalue weighted by Crippen LogP contribution is 2.33. The second kappa shape index (κ2) is 1.79. The van der Waals surface area contributed by atoms with Crippen molar-refractivity contribution in [3.8, 4) is 0 Å². The summed E-state index contributed by atoms with van der Waals surface area (Å²) >= 11 is 0. The highest BCUT2D eigenvalue weighted by molar-refractivity contribution is 4.98. The molecule has 0 radical (unpaired) electrons. The van der Waals surface area contributed by atoms with Gasteiger partial charge in [-0.1, -0.05) is 5.21 Å². The van der Waals surface area contributed by atoms with E-state index in [0.29, 0.717) is 0 Å². The summed E-state index contributed by atoms with van der Waals surface area (Å²) in [5, 5.41) is 7.52. The van der Waals surface area contributed by atoms with Crippen molar-refractivity contribution in [3.63, 3.8) is 0 Å². The van der Waals surface area contributed by atoms with Crippen molar-refractivity contribution in [2.45, 2.75) is 24.9 Å². The minimum Gasteiger partial charge on any atom is -0.324 e. The third-order valence-corrected chi connectivity index (χ3v) is 1.84. The first-order chi connectivity index (χ1) is 4.79. The van der Waals surface area contributed by atoms with E-state index in [1.54, 1.807) is 10.9 Å². The van der Waals surface area contributed by atoms with E-state index in [0.717, 1.165) is 19.4 Å². The van der Waals surface area contributed by atoms with Crippen LogP contribution in [-0.4, -0.2) is 20.5 Å². The molecule has 1 aromatic heterocycles. The summed E-state index contributed by atoms with van der Waals surface area (Å²) in [7, 11) is 0. The standard InChI is InChI=1S/C6H10N4/c7-6(1-2-6)5-10-4-3-8-9-10/h3-4H,1-2,5,7H2. The van der Waals surface area contributed by atoms with Crippen LogP contribution in [0.2, 0.25) is 0 Å². The first-order valence-electron chi connectivity index (χ1n) is 3.42. The number of rotatable bonds is 2. The number of hydrogen-bond donors (Lipinski definition) is 1.